The van der Waals surface area contributed by atoms with E-state index in [1.807, 2.05) is 49.3 Å². The summed E-state index contributed by atoms with van der Waals surface area (Å²) >= 11 is 0. The van der Waals surface area contributed by atoms with Crippen LogP contribution in [-0.2, 0) is 16.8 Å². The summed E-state index contributed by atoms with van der Waals surface area (Å²) in [6, 6.07) is 9.97. The van der Waals surface area contributed by atoms with E-state index < -0.39 is 5.41 Å². The molecule has 7 heteroatoms. The lowest BCUT2D eigenvalue weighted by Gasteiger charge is -2.33. The minimum atomic E-state index is -0.462. The molecule has 1 saturated carbocycles. The summed E-state index contributed by atoms with van der Waals surface area (Å²) in [7, 11) is 5.44. The number of hydrogen-bond acceptors (Lipinski definition) is 6. The maximum absolute atomic E-state index is 13.8. The lowest BCUT2D eigenvalue weighted by molar-refractivity contribution is -0.136. The number of anilines is 1. The normalized spacial score (nSPS) is 20.0. The molecule has 1 aromatic heterocycles. The van der Waals surface area contributed by atoms with Gasteiger partial charge in [0.05, 0.1) is 24.8 Å². The molecular weight excluding hydrogens is 402 g/mol. The third kappa shape index (κ3) is 4.58. The van der Waals surface area contributed by atoms with Crippen LogP contribution in [0.5, 0.6) is 5.75 Å². The molecule has 2 aromatic rings. The first-order chi connectivity index (χ1) is 15.6. The second-order valence-corrected chi connectivity index (χ2v) is 9.07. The zero-order valence-electron chi connectivity index (χ0n) is 19.5. The number of rotatable bonds is 7. The van der Waals surface area contributed by atoms with E-state index in [9.17, 15) is 4.79 Å². The standard InChI is InChI=1S/C25H35N5O2/c1-26-22-15-20(28-23(29-22)18-7-6-14-27-16-18)17-30(2)24(31)25(12-4-5-13-25)19-8-10-21(32-3)11-9-19/h8-11,15,18,27H,4-7,12-14,16-17H2,1-3H3,(H,26,28,29). The van der Waals surface area contributed by atoms with Crippen LogP contribution >= 0.6 is 0 Å². The van der Waals surface area contributed by atoms with Gasteiger partial charge in [-0.1, -0.05) is 25.0 Å². The highest BCUT2D eigenvalue weighted by Gasteiger charge is 2.44. The molecule has 0 spiro atoms. The molecule has 1 amide bonds. The van der Waals surface area contributed by atoms with Crippen LogP contribution in [0.25, 0.3) is 0 Å². The van der Waals surface area contributed by atoms with Crippen molar-refractivity contribution in [3.63, 3.8) is 0 Å². The number of amides is 1. The molecule has 2 N–H and O–H groups in total. The average molecular weight is 438 g/mol. The predicted octanol–water partition coefficient (Wildman–Crippen LogP) is 3.46. The molecule has 7 nitrogen and oxygen atoms in total. The number of aromatic nitrogens is 2. The van der Waals surface area contributed by atoms with E-state index >= 15 is 0 Å². The Kier molecular flexibility index (Phi) is 6.94. The Hall–Kier alpha value is -2.67. The monoisotopic (exact) mass is 437 g/mol. The van der Waals surface area contributed by atoms with Gasteiger partial charge in [0.2, 0.25) is 5.91 Å². The Bertz CT molecular complexity index is 918. The zero-order valence-corrected chi connectivity index (χ0v) is 19.5. The fourth-order valence-corrected chi connectivity index (χ4v) is 5.18. The largest absolute Gasteiger partial charge is 0.497 e. The van der Waals surface area contributed by atoms with Crippen LogP contribution < -0.4 is 15.4 Å². The fraction of sp³-hybridized carbons (Fsp3) is 0.560. The highest BCUT2D eigenvalue weighted by Crippen LogP contribution is 2.43. The van der Waals surface area contributed by atoms with Crippen molar-refractivity contribution in [1.29, 1.82) is 0 Å². The van der Waals surface area contributed by atoms with Gasteiger partial charge in [-0.25, -0.2) is 9.97 Å². The molecule has 32 heavy (non-hydrogen) atoms. The summed E-state index contributed by atoms with van der Waals surface area (Å²) in [6.45, 7) is 2.43. The van der Waals surface area contributed by atoms with Gasteiger partial charge in [-0.2, -0.15) is 0 Å². The van der Waals surface area contributed by atoms with E-state index in [0.29, 0.717) is 12.5 Å². The van der Waals surface area contributed by atoms with E-state index in [2.05, 4.69) is 10.6 Å². The van der Waals surface area contributed by atoms with Crippen molar-refractivity contribution < 1.29 is 9.53 Å². The van der Waals surface area contributed by atoms with E-state index in [0.717, 1.165) is 80.3 Å². The van der Waals surface area contributed by atoms with Gasteiger partial charge >= 0.3 is 0 Å². The number of likely N-dealkylation sites (N-methyl/N-ethyl adjacent to an activating group) is 1. The Labute approximate surface area is 191 Å². The molecule has 1 aliphatic carbocycles. The Morgan fingerprint density at radius 3 is 2.59 bits per heavy atom. The smallest absolute Gasteiger partial charge is 0.233 e. The summed E-state index contributed by atoms with van der Waals surface area (Å²) < 4.78 is 5.31. The van der Waals surface area contributed by atoms with Crippen LogP contribution in [0.3, 0.4) is 0 Å². The molecule has 0 radical (unpaired) electrons. The van der Waals surface area contributed by atoms with Gasteiger partial charge in [0.1, 0.15) is 17.4 Å². The molecule has 1 aliphatic heterocycles. The predicted molar refractivity (Wildman–Crippen MR) is 126 cm³/mol. The van der Waals surface area contributed by atoms with E-state index in [-0.39, 0.29) is 5.91 Å². The van der Waals surface area contributed by atoms with Crippen LogP contribution in [-0.4, -0.2) is 55.1 Å². The molecule has 1 saturated heterocycles. The highest BCUT2D eigenvalue weighted by atomic mass is 16.5. The van der Waals surface area contributed by atoms with Gasteiger partial charge in [0.25, 0.3) is 0 Å². The zero-order chi connectivity index (χ0) is 22.6. The third-order valence-electron chi connectivity index (χ3n) is 6.97. The Balaban J connectivity index is 1.56. The number of carbonyl (C=O) groups is 1. The second kappa shape index (κ2) is 9.86. The number of ether oxygens (including phenoxy) is 1. The van der Waals surface area contributed by atoms with Crippen LogP contribution in [0.2, 0.25) is 0 Å². The van der Waals surface area contributed by atoms with Crippen LogP contribution in [0.4, 0.5) is 5.82 Å². The highest BCUT2D eigenvalue weighted by molar-refractivity contribution is 5.88. The van der Waals surface area contributed by atoms with E-state index in [4.69, 9.17) is 14.7 Å². The van der Waals surface area contributed by atoms with Gasteiger partial charge in [-0.3, -0.25) is 4.79 Å². The van der Waals surface area contributed by atoms with Crippen molar-refractivity contribution in [3.05, 3.63) is 47.4 Å². The van der Waals surface area contributed by atoms with Crippen molar-refractivity contribution in [3.8, 4) is 5.75 Å². The van der Waals surface area contributed by atoms with Crippen LogP contribution in [0, 0.1) is 0 Å². The summed E-state index contributed by atoms with van der Waals surface area (Å²) in [5.41, 5.74) is 1.50. The molecule has 2 fully saturated rings. The molecule has 1 unspecified atom stereocenters. The minimum Gasteiger partial charge on any atom is -0.497 e. The van der Waals surface area contributed by atoms with Gasteiger partial charge in [-0.05, 0) is 49.9 Å². The van der Waals surface area contributed by atoms with Gasteiger partial charge < -0.3 is 20.3 Å². The SMILES string of the molecule is CNc1cc(CN(C)C(=O)C2(c3ccc(OC)cc3)CCCC2)nc(C2CCCNC2)n1. The molecule has 1 atom stereocenters. The van der Waals surface area contributed by atoms with Crippen molar-refractivity contribution >= 4 is 11.7 Å². The Morgan fingerprint density at radius 1 is 1.22 bits per heavy atom. The molecule has 0 bridgehead atoms. The van der Waals surface area contributed by atoms with Crippen molar-refractivity contribution in [2.45, 2.75) is 56.4 Å². The first-order valence-corrected chi connectivity index (χ1v) is 11.7. The number of benzene rings is 1. The maximum Gasteiger partial charge on any atom is 0.233 e. The molecule has 172 valence electrons. The number of hydrogen-bond donors (Lipinski definition) is 2. The third-order valence-corrected chi connectivity index (χ3v) is 6.97. The number of carbonyl (C=O) groups excluding carboxylic acids is 1. The fourth-order valence-electron chi connectivity index (χ4n) is 5.18. The summed E-state index contributed by atoms with van der Waals surface area (Å²) in [4.78, 5) is 25.2. The number of nitrogens with one attached hydrogen (secondary N) is 2. The van der Waals surface area contributed by atoms with Gasteiger partial charge in [-0.15, -0.1) is 0 Å². The second-order valence-electron chi connectivity index (χ2n) is 9.07. The molecular formula is C25H35N5O2. The van der Waals surface area contributed by atoms with E-state index in [1.54, 1.807) is 7.11 Å². The number of nitrogens with zero attached hydrogens (tertiary/aromatic N) is 3. The molecule has 4 rings (SSSR count). The number of methoxy groups -OCH3 is 1. The minimum absolute atomic E-state index is 0.172. The maximum atomic E-state index is 13.8. The molecule has 2 aliphatic rings. The topological polar surface area (TPSA) is 79.4 Å². The van der Waals surface area contributed by atoms with Crippen molar-refractivity contribution in [1.82, 2.24) is 20.2 Å². The lowest BCUT2D eigenvalue weighted by Crippen LogP contribution is -2.43. The molecule has 2 heterocycles. The van der Waals surface area contributed by atoms with Crippen LogP contribution in [0.1, 0.15) is 61.5 Å². The van der Waals surface area contributed by atoms with Crippen molar-refractivity contribution in [2.24, 2.45) is 0 Å². The summed E-state index contributed by atoms with van der Waals surface area (Å²) in [6.07, 6.45) is 6.13. The van der Waals surface area contributed by atoms with Crippen LogP contribution in [0.15, 0.2) is 30.3 Å². The lowest BCUT2D eigenvalue weighted by atomic mass is 9.77. The quantitative estimate of drug-likeness (QED) is 0.691. The van der Waals surface area contributed by atoms with Gasteiger partial charge in [0.15, 0.2) is 0 Å². The van der Waals surface area contributed by atoms with Crippen molar-refractivity contribution in [2.75, 3.05) is 39.6 Å². The van der Waals surface area contributed by atoms with E-state index in [1.165, 1.54) is 0 Å². The first-order valence-electron chi connectivity index (χ1n) is 11.7. The Morgan fingerprint density at radius 2 is 1.97 bits per heavy atom. The summed E-state index contributed by atoms with van der Waals surface area (Å²) in [5.74, 6) is 2.98. The molecule has 1 aromatic carbocycles. The first kappa shape index (κ1) is 22.5. The summed E-state index contributed by atoms with van der Waals surface area (Å²) in [5, 5.41) is 6.61. The number of piperidine rings is 1. The van der Waals surface area contributed by atoms with Gasteiger partial charge in [0, 0.05) is 32.6 Å². The average Bonchev–Trinajstić information content (AvgIpc) is 3.35.